The summed E-state index contributed by atoms with van der Waals surface area (Å²) in [6.07, 6.45) is 0.696. The van der Waals surface area contributed by atoms with E-state index in [0.717, 1.165) is 40.8 Å². The summed E-state index contributed by atoms with van der Waals surface area (Å²) in [5.41, 5.74) is 10.1. The van der Waals surface area contributed by atoms with Crippen LogP contribution in [0.15, 0.2) is 42.5 Å². The summed E-state index contributed by atoms with van der Waals surface area (Å²) in [6.45, 7) is 2.63. The largest absolute Gasteiger partial charge is 0.465 e. The smallest absolute Gasteiger partial charge is 0.407 e. The first kappa shape index (κ1) is 22.3. The van der Waals surface area contributed by atoms with E-state index in [9.17, 15) is 9.90 Å². The highest BCUT2D eigenvalue weighted by atomic mass is 16.4. The van der Waals surface area contributed by atoms with Gasteiger partial charge in [0.2, 0.25) is 0 Å². The number of imidazole rings is 1. The highest BCUT2D eigenvalue weighted by Crippen LogP contribution is 2.17. The molecule has 0 aliphatic heterocycles. The number of likely N-dealkylation sites (N-methyl/N-ethyl adjacent to an activating group) is 1. The van der Waals surface area contributed by atoms with Gasteiger partial charge in [0.15, 0.2) is 0 Å². The molecule has 164 valence electrons. The molecule has 1 heterocycles. The van der Waals surface area contributed by atoms with E-state index in [1.54, 1.807) is 0 Å². The molecule has 3 rings (SSSR count). The molecule has 0 radical (unpaired) electrons. The number of rotatable bonds is 9. The van der Waals surface area contributed by atoms with Gasteiger partial charge in [-0.15, -0.1) is 0 Å². The molecule has 1 atom stereocenters. The third kappa shape index (κ3) is 5.82. The lowest BCUT2D eigenvalue weighted by atomic mass is 10.0. The fraction of sp³-hybridized carbons (Fsp3) is 0.348. The Kier molecular flexibility index (Phi) is 6.91. The first-order valence-corrected chi connectivity index (χ1v) is 10.3. The number of nitrogens with two attached hydrogens (primary N) is 1. The maximum absolute atomic E-state index is 12.0. The van der Waals surface area contributed by atoms with Crippen LogP contribution >= 0.6 is 0 Å². The van der Waals surface area contributed by atoms with Gasteiger partial charge in [0.25, 0.3) is 0 Å². The van der Waals surface area contributed by atoms with E-state index in [1.807, 2.05) is 63.5 Å². The van der Waals surface area contributed by atoms with Crippen molar-refractivity contribution >= 4 is 23.0 Å². The molecule has 0 saturated heterocycles. The lowest BCUT2D eigenvalue weighted by Crippen LogP contribution is -2.42. The molecular formula is C23H30N6O2. The van der Waals surface area contributed by atoms with Crippen molar-refractivity contribution in [3.8, 4) is 0 Å². The monoisotopic (exact) mass is 422 g/mol. The molecule has 2 aromatic carbocycles. The normalized spacial score (nSPS) is 12.3. The molecule has 0 fully saturated rings. The number of carboxylic acid groups (broad SMARTS) is 1. The molecule has 0 aliphatic rings. The van der Waals surface area contributed by atoms with Crippen LogP contribution in [-0.2, 0) is 13.0 Å². The minimum atomic E-state index is -0.932. The molecule has 0 aliphatic carbocycles. The topological polar surface area (TPSA) is 122 Å². The number of nitrogens with one attached hydrogen (secondary N) is 2. The first-order valence-electron chi connectivity index (χ1n) is 10.3. The van der Waals surface area contributed by atoms with Gasteiger partial charge in [-0.3, -0.25) is 5.41 Å². The van der Waals surface area contributed by atoms with Gasteiger partial charge in [0, 0.05) is 24.7 Å². The molecule has 8 nitrogen and oxygen atoms in total. The van der Waals surface area contributed by atoms with E-state index in [0.29, 0.717) is 18.7 Å². The molecule has 1 unspecified atom stereocenters. The van der Waals surface area contributed by atoms with Gasteiger partial charge in [0.1, 0.15) is 11.7 Å². The van der Waals surface area contributed by atoms with E-state index < -0.39 is 6.09 Å². The van der Waals surface area contributed by atoms with Gasteiger partial charge in [-0.25, -0.2) is 9.78 Å². The molecule has 1 amide bonds. The lowest BCUT2D eigenvalue weighted by Gasteiger charge is -2.30. The molecule has 1 aromatic heterocycles. The minimum absolute atomic E-state index is 0.0540. The fourth-order valence-corrected chi connectivity index (χ4v) is 3.66. The maximum atomic E-state index is 12.0. The number of aryl methyl sites for hydroxylation is 2. The summed E-state index contributed by atoms with van der Waals surface area (Å²) >= 11 is 0. The number of nitrogen functional groups attached to an aromatic ring is 1. The Labute approximate surface area is 182 Å². The van der Waals surface area contributed by atoms with Crippen LogP contribution < -0.4 is 5.73 Å². The first-order chi connectivity index (χ1) is 14.7. The Hall–Kier alpha value is -3.39. The summed E-state index contributed by atoms with van der Waals surface area (Å²) in [6, 6.07) is 13.5. The van der Waals surface area contributed by atoms with Gasteiger partial charge in [-0.2, -0.15) is 0 Å². The zero-order valence-corrected chi connectivity index (χ0v) is 18.2. The SMILES string of the molecule is Cc1nc2ccc(CN(CC(CCc3ccc(C(=N)N)cc3)N(C)C)C(=O)O)cc2[nH]1. The number of fused-ring (bicyclic) bond motifs is 1. The zero-order chi connectivity index (χ0) is 22.5. The summed E-state index contributed by atoms with van der Waals surface area (Å²) < 4.78 is 0. The van der Waals surface area contributed by atoms with Crippen LogP contribution in [0.3, 0.4) is 0 Å². The minimum Gasteiger partial charge on any atom is -0.465 e. The standard InChI is InChI=1S/C23H30N6O2/c1-15-26-20-11-7-17(12-21(20)27-15)13-29(23(30)31)14-19(28(2)3)10-6-16-4-8-18(9-5-16)22(24)25/h4-5,7-9,11-12,19H,6,10,13-14H2,1-3H3,(H3,24,25)(H,26,27)(H,30,31). The number of amidine groups is 1. The van der Waals surface area contributed by atoms with Crippen LogP contribution in [0.4, 0.5) is 4.79 Å². The molecule has 8 heteroatoms. The van der Waals surface area contributed by atoms with Crippen molar-refractivity contribution in [3.63, 3.8) is 0 Å². The van der Waals surface area contributed by atoms with Crippen molar-refractivity contribution in [1.29, 1.82) is 5.41 Å². The Morgan fingerprint density at radius 1 is 1.19 bits per heavy atom. The second-order valence-electron chi connectivity index (χ2n) is 8.10. The molecule has 31 heavy (non-hydrogen) atoms. The Morgan fingerprint density at radius 2 is 1.87 bits per heavy atom. The van der Waals surface area contributed by atoms with Crippen LogP contribution in [0.2, 0.25) is 0 Å². The highest BCUT2D eigenvalue weighted by molar-refractivity contribution is 5.94. The van der Waals surface area contributed by atoms with Crippen molar-refractivity contribution < 1.29 is 9.90 Å². The quantitative estimate of drug-likeness (QED) is 0.312. The number of carbonyl (C=O) groups is 1. The van der Waals surface area contributed by atoms with E-state index in [1.165, 1.54) is 4.90 Å². The highest BCUT2D eigenvalue weighted by Gasteiger charge is 2.20. The van der Waals surface area contributed by atoms with E-state index >= 15 is 0 Å². The second kappa shape index (κ2) is 9.61. The van der Waals surface area contributed by atoms with Gasteiger partial charge in [0.05, 0.1) is 11.0 Å². The van der Waals surface area contributed by atoms with Crippen LogP contribution in [0.5, 0.6) is 0 Å². The van der Waals surface area contributed by atoms with Gasteiger partial charge < -0.3 is 25.6 Å². The fourth-order valence-electron chi connectivity index (χ4n) is 3.66. The van der Waals surface area contributed by atoms with Crippen LogP contribution in [-0.4, -0.2) is 63.5 Å². The average molecular weight is 423 g/mol. The molecule has 0 bridgehead atoms. The van der Waals surface area contributed by atoms with E-state index in [2.05, 4.69) is 14.9 Å². The number of benzene rings is 2. The molecule has 5 N–H and O–H groups in total. The zero-order valence-electron chi connectivity index (χ0n) is 18.2. The summed E-state index contributed by atoms with van der Waals surface area (Å²) in [7, 11) is 3.95. The third-order valence-electron chi connectivity index (χ3n) is 5.50. The van der Waals surface area contributed by atoms with Crippen molar-refractivity contribution in [2.45, 2.75) is 32.4 Å². The number of aromatic nitrogens is 2. The Balaban J connectivity index is 1.67. The molecular weight excluding hydrogens is 392 g/mol. The molecule has 3 aromatic rings. The van der Waals surface area contributed by atoms with Gasteiger partial charge >= 0.3 is 6.09 Å². The summed E-state index contributed by atoms with van der Waals surface area (Å²) in [4.78, 5) is 23.1. The van der Waals surface area contributed by atoms with Crippen LogP contribution in [0.25, 0.3) is 11.0 Å². The Bertz CT molecular complexity index is 1060. The number of aromatic amines is 1. The predicted octanol–water partition coefficient (Wildman–Crippen LogP) is 3.20. The third-order valence-corrected chi connectivity index (χ3v) is 5.50. The molecule has 0 saturated carbocycles. The van der Waals surface area contributed by atoms with Crippen molar-refractivity contribution in [2.24, 2.45) is 5.73 Å². The lowest BCUT2D eigenvalue weighted by molar-refractivity contribution is 0.122. The summed E-state index contributed by atoms with van der Waals surface area (Å²) in [5, 5.41) is 17.3. The van der Waals surface area contributed by atoms with Crippen molar-refractivity contribution in [1.82, 2.24) is 19.8 Å². The van der Waals surface area contributed by atoms with E-state index in [4.69, 9.17) is 11.1 Å². The number of hydrogen-bond donors (Lipinski definition) is 4. The predicted molar refractivity (Wildman–Crippen MR) is 123 cm³/mol. The van der Waals surface area contributed by atoms with E-state index in [-0.39, 0.29) is 11.9 Å². The van der Waals surface area contributed by atoms with Crippen LogP contribution in [0.1, 0.15) is 28.9 Å². The maximum Gasteiger partial charge on any atom is 0.407 e. The van der Waals surface area contributed by atoms with Gasteiger partial charge in [-0.1, -0.05) is 30.3 Å². The Morgan fingerprint density at radius 3 is 2.48 bits per heavy atom. The van der Waals surface area contributed by atoms with Crippen molar-refractivity contribution in [3.05, 3.63) is 65.0 Å². The molecule has 0 spiro atoms. The van der Waals surface area contributed by atoms with Crippen LogP contribution in [0, 0.1) is 12.3 Å². The van der Waals surface area contributed by atoms with Gasteiger partial charge in [-0.05, 0) is 57.1 Å². The number of amides is 1. The average Bonchev–Trinajstić information content (AvgIpc) is 3.09. The number of H-pyrrole nitrogens is 1. The number of hydrogen-bond acceptors (Lipinski definition) is 4. The second-order valence-corrected chi connectivity index (χ2v) is 8.10. The summed E-state index contributed by atoms with van der Waals surface area (Å²) in [5.74, 6) is 0.893. The number of nitrogens with zero attached hydrogens (tertiary/aromatic N) is 3. The van der Waals surface area contributed by atoms with Crippen molar-refractivity contribution in [2.75, 3.05) is 20.6 Å².